The average molecular weight is 311 g/mol. The summed E-state index contributed by atoms with van der Waals surface area (Å²) >= 11 is 0. The van der Waals surface area contributed by atoms with Gasteiger partial charge in [-0.1, -0.05) is 24.3 Å². The van der Waals surface area contributed by atoms with Crippen molar-refractivity contribution >= 4 is 17.5 Å². The molecule has 0 aliphatic rings. The number of benzene rings is 1. The number of amides is 2. The molecule has 0 radical (unpaired) electrons. The predicted octanol–water partition coefficient (Wildman–Crippen LogP) is 2.72. The number of carbonyl (C=O) groups excluding carboxylic acids is 2. The zero-order chi connectivity index (χ0) is 17.0. The van der Waals surface area contributed by atoms with E-state index in [4.69, 9.17) is 0 Å². The lowest BCUT2D eigenvalue weighted by Crippen LogP contribution is -2.35. The zero-order valence-electron chi connectivity index (χ0n) is 13.9. The van der Waals surface area contributed by atoms with E-state index in [9.17, 15) is 9.59 Å². The third-order valence-electron chi connectivity index (χ3n) is 3.58. The Morgan fingerprint density at radius 3 is 2.26 bits per heavy atom. The van der Waals surface area contributed by atoms with Crippen molar-refractivity contribution in [2.75, 3.05) is 18.9 Å². The molecule has 2 rings (SSSR count). The topological polar surface area (TPSA) is 62.3 Å². The first-order valence-electron chi connectivity index (χ1n) is 7.43. The number of pyridine rings is 1. The van der Waals surface area contributed by atoms with Crippen molar-refractivity contribution in [1.82, 2.24) is 9.88 Å². The van der Waals surface area contributed by atoms with Crippen molar-refractivity contribution in [3.8, 4) is 0 Å². The summed E-state index contributed by atoms with van der Waals surface area (Å²) in [4.78, 5) is 30.1. The molecular formula is C18H21N3O2. The highest BCUT2D eigenvalue weighted by Gasteiger charge is 2.17. The van der Waals surface area contributed by atoms with Gasteiger partial charge in [0.2, 0.25) is 5.91 Å². The normalized spacial score (nSPS) is 10.3. The van der Waals surface area contributed by atoms with Gasteiger partial charge in [0.1, 0.15) is 5.69 Å². The van der Waals surface area contributed by atoms with E-state index in [1.807, 2.05) is 45.0 Å². The predicted molar refractivity (Wildman–Crippen MR) is 90.5 cm³/mol. The first kappa shape index (κ1) is 16.7. The summed E-state index contributed by atoms with van der Waals surface area (Å²) in [6.45, 7) is 5.68. The molecule has 1 N–H and O–H groups in total. The highest BCUT2D eigenvalue weighted by atomic mass is 16.2. The number of rotatable bonds is 4. The van der Waals surface area contributed by atoms with E-state index in [1.165, 1.54) is 4.90 Å². The number of hydrogen-bond donors (Lipinski definition) is 1. The number of aromatic nitrogens is 1. The quantitative estimate of drug-likeness (QED) is 0.944. The van der Waals surface area contributed by atoms with E-state index in [1.54, 1.807) is 19.2 Å². The van der Waals surface area contributed by atoms with Gasteiger partial charge < -0.3 is 10.2 Å². The molecule has 0 aliphatic heterocycles. The summed E-state index contributed by atoms with van der Waals surface area (Å²) in [6.07, 6.45) is 0. The Morgan fingerprint density at radius 1 is 1.04 bits per heavy atom. The summed E-state index contributed by atoms with van der Waals surface area (Å²) in [5.41, 5.74) is 3.89. The average Bonchev–Trinajstić information content (AvgIpc) is 2.50. The molecular weight excluding hydrogens is 290 g/mol. The Balaban J connectivity index is 2.04. The molecule has 0 atom stereocenters. The Hall–Kier alpha value is -2.69. The van der Waals surface area contributed by atoms with Crippen LogP contribution in [0.4, 0.5) is 5.69 Å². The zero-order valence-corrected chi connectivity index (χ0v) is 13.9. The smallest absolute Gasteiger partial charge is 0.272 e. The van der Waals surface area contributed by atoms with Crippen molar-refractivity contribution < 1.29 is 9.59 Å². The summed E-state index contributed by atoms with van der Waals surface area (Å²) in [7, 11) is 1.59. The van der Waals surface area contributed by atoms with E-state index >= 15 is 0 Å². The molecule has 2 amide bonds. The van der Waals surface area contributed by atoms with Gasteiger partial charge in [-0.25, -0.2) is 4.98 Å². The molecule has 2 aromatic rings. The Kier molecular flexibility index (Phi) is 5.11. The Bertz CT molecular complexity index is 721. The maximum atomic E-state index is 12.3. The molecule has 23 heavy (non-hydrogen) atoms. The van der Waals surface area contributed by atoms with Gasteiger partial charge in [-0.05, 0) is 44.0 Å². The van der Waals surface area contributed by atoms with Gasteiger partial charge in [0.25, 0.3) is 5.91 Å². The minimum Gasteiger partial charge on any atom is -0.331 e. The maximum Gasteiger partial charge on any atom is 0.272 e. The van der Waals surface area contributed by atoms with E-state index < -0.39 is 0 Å². The molecule has 0 fully saturated rings. The Morgan fingerprint density at radius 2 is 1.65 bits per heavy atom. The highest BCUT2D eigenvalue weighted by Crippen LogP contribution is 2.19. The molecule has 0 saturated carbocycles. The second-order valence-corrected chi connectivity index (χ2v) is 5.64. The standard InChI is InChI=1S/C18H21N3O2/c1-12-7-5-8-13(2)17(12)20-16(22)11-21(4)18(23)15-10-6-9-14(3)19-15/h5-10H,11H2,1-4H3,(H,20,22). The molecule has 1 aromatic heterocycles. The van der Waals surface area contributed by atoms with Crippen LogP contribution in [0.25, 0.3) is 0 Å². The van der Waals surface area contributed by atoms with Crippen molar-refractivity contribution in [2.45, 2.75) is 20.8 Å². The number of likely N-dealkylation sites (N-methyl/N-ethyl adjacent to an activating group) is 1. The lowest BCUT2D eigenvalue weighted by molar-refractivity contribution is -0.116. The highest BCUT2D eigenvalue weighted by molar-refractivity contribution is 5.98. The molecule has 1 heterocycles. The number of para-hydroxylation sites is 1. The van der Waals surface area contributed by atoms with Gasteiger partial charge in [-0.15, -0.1) is 0 Å². The molecule has 0 aliphatic carbocycles. The van der Waals surface area contributed by atoms with Crippen LogP contribution in [0.3, 0.4) is 0 Å². The van der Waals surface area contributed by atoms with Crippen LogP contribution in [0.5, 0.6) is 0 Å². The number of nitrogens with one attached hydrogen (secondary N) is 1. The lowest BCUT2D eigenvalue weighted by atomic mass is 10.1. The van der Waals surface area contributed by atoms with Gasteiger partial charge in [0.15, 0.2) is 0 Å². The molecule has 0 unspecified atom stereocenters. The monoisotopic (exact) mass is 311 g/mol. The largest absolute Gasteiger partial charge is 0.331 e. The fraction of sp³-hybridized carbons (Fsp3) is 0.278. The van der Waals surface area contributed by atoms with Crippen LogP contribution in [0.1, 0.15) is 27.3 Å². The third-order valence-corrected chi connectivity index (χ3v) is 3.58. The molecule has 0 bridgehead atoms. The minimum absolute atomic E-state index is 0.0256. The second-order valence-electron chi connectivity index (χ2n) is 5.64. The van der Waals surface area contributed by atoms with Crippen LogP contribution in [0, 0.1) is 20.8 Å². The summed E-state index contributed by atoms with van der Waals surface area (Å²) in [6, 6.07) is 11.1. The number of nitrogens with zero attached hydrogens (tertiary/aromatic N) is 2. The van der Waals surface area contributed by atoms with Crippen LogP contribution >= 0.6 is 0 Å². The molecule has 5 heteroatoms. The van der Waals surface area contributed by atoms with E-state index in [2.05, 4.69) is 10.3 Å². The fourth-order valence-electron chi connectivity index (χ4n) is 2.34. The van der Waals surface area contributed by atoms with Crippen molar-refractivity contribution in [3.05, 3.63) is 58.9 Å². The number of hydrogen-bond acceptors (Lipinski definition) is 3. The van der Waals surface area contributed by atoms with Crippen molar-refractivity contribution in [1.29, 1.82) is 0 Å². The fourth-order valence-corrected chi connectivity index (χ4v) is 2.34. The number of carbonyl (C=O) groups is 2. The molecule has 120 valence electrons. The summed E-state index contributed by atoms with van der Waals surface area (Å²) in [5, 5.41) is 2.87. The van der Waals surface area contributed by atoms with E-state index in [0.717, 1.165) is 22.5 Å². The van der Waals surface area contributed by atoms with E-state index in [-0.39, 0.29) is 18.4 Å². The van der Waals surface area contributed by atoms with Crippen LogP contribution < -0.4 is 5.32 Å². The first-order valence-corrected chi connectivity index (χ1v) is 7.43. The van der Waals surface area contributed by atoms with E-state index in [0.29, 0.717) is 5.69 Å². The lowest BCUT2D eigenvalue weighted by Gasteiger charge is -2.18. The van der Waals surface area contributed by atoms with Crippen molar-refractivity contribution in [3.63, 3.8) is 0 Å². The van der Waals surface area contributed by atoms with Gasteiger partial charge in [-0.2, -0.15) is 0 Å². The molecule has 0 saturated heterocycles. The minimum atomic E-state index is -0.273. The molecule has 0 spiro atoms. The van der Waals surface area contributed by atoms with Crippen LogP contribution in [-0.4, -0.2) is 35.3 Å². The van der Waals surface area contributed by atoms with Gasteiger partial charge >= 0.3 is 0 Å². The molecule has 5 nitrogen and oxygen atoms in total. The summed E-state index contributed by atoms with van der Waals surface area (Å²) in [5.74, 6) is -0.503. The molecule has 1 aromatic carbocycles. The number of anilines is 1. The van der Waals surface area contributed by atoms with Crippen LogP contribution in [0.2, 0.25) is 0 Å². The third kappa shape index (κ3) is 4.16. The SMILES string of the molecule is Cc1cccc(C(=O)N(C)CC(=O)Nc2c(C)cccc2C)n1. The first-order chi connectivity index (χ1) is 10.9. The number of aryl methyl sites for hydroxylation is 3. The van der Waals surface area contributed by atoms with Gasteiger partial charge in [-0.3, -0.25) is 9.59 Å². The van der Waals surface area contributed by atoms with Gasteiger partial charge in [0.05, 0.1) is 6.54 Å². The maximum absolute atomic E-state index is 12.3. The summed E-state index contributed by atoms with van der Waals surface area (Å²) < 4.78 is 0. The Labute approximate surface area is 136 Å². The second kappa shape index (κ2) is 7.05. The van der Waals surface area contributed by atoms with Gasteiger partial charge in [0, 0.05) is 18.4 Å². The van der Waals surface area contributed by atoms with Crippen LogP contribution in [-0.2, 0) is 4.79 Å². The van der Waals surface area contributed by atoms with Crippen LogP contribution in [0.15, 0.2) is 36.4 Å². The van der Waals surface area contributed by atoms with Crippen molar-refractivity contribution in [2.24, 2.45) is 0 Å².